The Morgan fingerprint density at radius 1 is 1.19 bits per heavy atom. The molecule has 0 bridgehead atoms. The summed E-state index contributed by atoms with van der Waals surface area (Å²) in [4.78, 5) is 17.3. The summed E-state index contributed by atoms with van der Waals surface area (Å²) < 4.78 is 7.82. The molecule has 0 unspecified atom stereocenters. The Morgan fingerprint density at radius 3 is 2.61 bits per heavy atom. The molecule has 1 saturated carbocycles. The summed E-state index contributed by atoms with van der Waals surface area (Å²) in [5.41, 5.74) is 10.7. The lowest BCUT2D eigenvalue weighted by molar-refractivity contribution is 0.0975. The summed E-state index contributed by atoms with van der Waals surface area (Å²) in [7, 11) is 0. The van der Waals surface area contributed by atoms with E-state index < -0.39 is 5.54 Å². The van der Waals surface area contributed by atoms with E-state index in [-0.39, 0.29) is 5.78 Å². The number of nitrogens with zero attached hydrogens (tertiary/aromatic N) is 3. The van der Waals surface area contributed by atoms with E-state index >= 15 is 0 Å². The number of imidazole rings is 1. The number of ether oxygens (including phenoxy) is 1. The Labute approximate surface area is 215 Å². The van der Waals surface area contributed by atoms with Crippen molar-refractivity contribution in [1.29, 1.82) is 0 Å². The standard InChI is InChI=1S/C28H30ClN5O2/c1-17-12-19(6-11-22(17)25(35)13-18-4-5-18)24-15-31-27-23(32-16-28(2,3)30)14-26(33-34(24)27)36-21-9-7-20(29)8-10-21/h6-12,14-15,18,32H,4-5,13,16,30H2,1-3H3. The first-order valence-corrected chi connectivity index (χ1v) is 12.5. The van der Waals surface area contributed by atoms with Gasteiger partial charge in [0.2, 0.25) is 5.88 Å². The van der Waals surface area contributed by atoms with Crippen LogP contribution in [0.3, 0.4) is 0 Å². The number of nitrogens with two attached hydrogens (primary N) is 1. The highest BCUT2D eigenvalue weighted by Crippen LogP contribution is 2.35. The van der Waals surface area contributed by atoms with Gasteiger partial charge in [0, 0.05) is 40.7 Å². The molecule has 2 heterocycles. The van der Waals surface area contributed by atoms with E-state index in [9.17, 15) is 4.79 Å². The molecule has 0 radical (unpaired) electrons. The average molecular weight is 504 g/mol. The number of ketones is 1. The zero-order chi connectivity index (χ0) is 25.4. The lowest BCUT2D eigenvalue weighted by atomic mass is 9.98. The summed E-state index contributed by atoms with van der Waals surface area (Å²) in [6.07, 6.45) is 4.74. The molecule has 186 valence electrons. The van der Waals surface area contributed by atoms with Crippen LogP contribution in [0.5, 0.6) is 11.6 Å². The number of Topliss-reactive ketones (excluding diaryl/α,β-unsaturated/α-hetero) is 1. The molecule has 2 aromatic carbocycles. The normalized spacial score (nSPS) is 13.7. The molecule has 0 saturated heterocycles. The first kappa shape index (κ1) is 24.3. The number of hydrogen-bond acceptors (Lipinski definition) is 6. The summed E-state index contributed by atoms with van der Waals surface area (Å²) in [6.45, 7) is 6.42. The summed E-state index contributed by atoms with van der Waals surface area (Å²) in [5, 5.41) is 8.75. The van der Waals surface area contributed by atoms with Crippen LogP contribution in [0.1, 0.15) is 49.0 Å². The van der Waals surface area contributed by atoms with E-state index in [0.717, 1.165) is 40.9 Å². The largest absolute Gasteiger partial charge is 0.438 e. The van der Waals surface area contributed by atoms with Crippen molar-refractivity contribution >= 4 is 28.7 Å². The van der Waals surface area contributed by atoms with Crippen LogP contribution < -0.4 is 15.8 Å². The number of nitrogens with one attached hydrogen (secondary N) is 1. The lowest BCUT2D eigenvalue weighted by Gasteiger charge is -2.20. The summed E-state index contributed by atoms with van der Waals surface area (Å²) in [6, 6.07) is 14.8. The maximum absolute atomic E-state index is 12.7. The smallest absolute Gasteiger partial charge is 0.239 e. The van der Waals surface area contributed by atoms with Crippen LogP contribution in [-0.2, 0) is 0 Å². The van der Waals surface area contributed by atoms with E-state index in [1.807, 2.05) is 45.0 Å². The first-order valence-electron chi connectivity index (χ1n) is 12.2. The minimum atomic E-state index is -0.424. The fraction of sp³-hybridized carbons (Fsp3) is 0.321. The molecule has 1 aliphatic rings. The van der Waals surface area contributed by atoms with Gasteiger partial charge in [-0.05, 0) is 75.4 Å². The second-order valence-corrected chi connectivity index (χ2v) is 10.7. The highest BCUT2D eigenvalue weighted by atomic mass is 35.5. The number of fused-ring (bicyclic) bond motifs is 1. The van der Waals surface area contributed by atoms with Crippen molar-refractivity contribution < 1.29 is 9.53 Å². The van der Waals surface area contributed by atoms with Gasteiger partial charge in [-0.15, -0.1) is 5.10 Å². The second-order valence-electron chi connectivity index (χ2n) is 10.3. The Balaban J connectivity index is 1.53. The van der Waals surface area contributed by atoms with E-state index in [0.29, 0.717) is 41.2 Å². The number of aryl methyl sites for hydroxylation is 1. The maximum Gasteiger partial charge on any atom is 0.239 e. The van der Waals surface area contributed by atoms with Gasteiger partial charge in [0.1, 0.15) is 5.75 Å². The second kappa shape index (κ2) is 9.56. The highest BCUT2D eigenvalue weighted by molar-refractivity contribution is 6.30. The van der Waals surface area contributed by atoms with Crippen molar-refractivity contribution in [1.82, 2.24) is 14.6 Å². The van der Waals surface area contributed by atoms with Crippen molar-refractivity contribution in [3.05, 3.63) is 70.9 Å². The number of benzene rings is 2. The van der Waals surface area contributed by atoms with Gasteiger partial charge < -0.3 is 15.8 Å². The Kier molecular flexibility index (Phi) is 6.45. The molecule has 0 atom stereocenters. The van der Waals surface area contributed by atoms with E-state index in [2.05, 4.69) is 10.3 Å². The van der Waals surface area contributed by atoms with Gasteiger partial charge in [-0.2, -0.15) is 0 Å². The molecule has 1 aliphatic carbocycles. The van der Waals surface area contributed by atoms with E-state index in [1.54, 1.807) is 35.0 Å². The predicted molar refractivity (Wildman–Crippen MR) is 143 cm³/mol. The molecule has 4 aromatic rings. The Morgan fingerprint density at radius 2 is 1.94 bits per heavy atom. The number of carbonyl (C=O) groups is 1. The van der Waals surface area contributed by atoms with Gasteiger partial charge >= 0.3 is 0 Å². The number of anilines is 1. The monoisotopic (exact) mass is 503 g/mol. The quantitative estimate of drug-likeness (QED) is 0.261. The number of halogens is 1. The zero-order valence-electron chi connectivity index (χ0n) is 20.7. The molecule has 3 N–H and O–H groups in total. The average Bonchev–Trinajstić information content (AvgIpc) is 3.53. The van der Waals surface area contributed by atoms with Crippen LogP contribution in [0.4, 0.5) is 5.69 Å². The molecular weight excluding hydrogens is 474 g/mol. The molecular formula is C28H30ClN5O2. The van der Waals surface area contributed by atoms with Gasteiger partial charge in [-0.25, -0.2) is 9.50 Å². The third-order valence-corrected chi connectivity index (χ3v) is 6.46. The van der Waals surface area contributed by atoms with Gasteiger partial charge in [0.15, 0.2) is 11.4 Å². The highest BCUT2D eigenvalue weighted by Gasteiger charge is 2.25. The predicted octanol–water partition coefficient (Wildman–Crippen LogP) is 6.28. The van der Waals surface area contributed by atoms with Crippen LogP contribution in [0.15, 0.2) is 54.7 Å². The molecule has 0 amide bonds. The van der Waals surface area contributed by atoms with Crippen LogP contribution >= 0.6 is 11.6 Å². The lowest BCUT2D eigenvalue weighted by Crippen LogP contribution is -2.39. The molecule has 1 fully saturated rings. The summed E-state index contributed by atoms with van der Waals surface area (Å²) in [5.74, 6) is 1.79. The van der Waals surface area contributed by atoms with Crippen molar-refractivity contribution in [3.8, 4) is 22.9 Å². The molecule has 7 nitrogen and oxygen atoms in total. The van der Waals surface area contributed by atoms with Gasteiger partial charge in [0.05, 0.1) is 17.6 Å². The zero-order valence-corrected chi connectivity index (χ0v) is 21.5. The topological polar surface area (TPSA) is 94.5 Å². The maximum atomic E-state index is 12.7. The third-order valence-electron chi connectivity index (χ3n) is 6.21. The fourth-order valence-electron chi connectivity index (χ4n) is 4.10. The van der Waals surface area contributed by atoms with Crippen LogP contribution in [0.25, 0.3) is 16.9 Å². The number of rotatable bonds is 9. The number of hydrogen-bond donors (Lipinski definition) is 2. The van der Waals surface area contributed by atoms with E-state index in [1.165, 1.54) is 0 Å². The molecule has 2 aromatic heterocycles. The minimum Gasteiger partial charge on any atom is -0.438 e. The molecule has 0 spiro atoms. The van der Waals surface area contributed by atoms with Crippen molar-refractivity contribution in [2.45, 2.75) is 45.6 Å². The van der Waals surface area contributed by atoms with Crippen LogP contribution in [0, 0.1) is 12.8 Å². The Hall–Kier alpha value is -3.42. The Bertz CT molecular complexity index is 1420. The SMILES string of the molecule is Cc1cc(-c2cnc3c(NCC(C)(C)N)cc(Oc4ccc(Cl)cc4)nn23)ccc1C(=O)CC1CC1. The molecule has 8 heteroatoms. The van der Waals surface area contributed by atoms with Gasteiger partial charge in [-0.1, -0.05) is 23.7 Å². The van der Waals surface area contributed by atoms with Crippen molar-refractivity contribution in [3.63, 3.8) is 0 Å². The minimum absolute atomic E-state index is 0.215. The molecule has 5 rings (SSSR count). The first-order chi connectivity index (χ1) is 17.2. The van der Waals surface area contributed by atoms with Crippen LogP contribution in [-0.4, -0.2) is 32.5 Å². The molecule has 0 aliphatic heterocycles. The van der Waals surface area contributed by atoms with E-state index in [4.69, 9.17) is 27.2 Å². The third kappa shape index (κ3) is 5.53. The van der Waals surface area contributed by atoms with Crippen LogP contribution in [0.2, 0.25) is 5.02 Å². The van der Waals surface area contributed by atoms with Gasteiger partial charge in [0.25, 0.3) is 0 Å². The number of carbonyl (C=O) groups excluding carboxylic acids is 1. The van der Waals surface area contributed by atoms with Crippen molar-refractivity contribution in [2.24, 2.45) is 11.7 Å². The molecule has 36 heavy (non-hydrogen) atoms. The summed E-state index contributed by atoms with van der Waals surface area (Å²) >= 11 is 6.02. The van der Waals surface area contributed by atoms with Gasteiger partial charge in [-0.3, -0.25) is 4.79 Å². The number of aromatic nitrogens is 3. The fourth-order valence-corrected chi connectivity index (χ4v) is 4.23. The van der Waals surface area contributed by atoms with Crippen molar-refractivity contribution in [2.75, 3.05) is 11.9 Å².